The molecule has 1 atom stereocenters. The molecule has 0 aromatic heterocycles. The fourth-order valence-electron chi connectivity index (χ4n) is 4.43. The van der Waals surface area contributed by atoms with Gasteiger partial charge in [0.1, 0.15) is 19.3 Å². The Morgan fingerprint density at radius 3 is 2.56 bits per heavy atom. The Kier molecular flexibility index (Phi) is 3.85. The quantitative estimate of drug-likeness (QED) is 0.856. The van der Waals surface area contributed by atoms with Crippen LogP contribution in [0.5, 0.6) is 11.5 Å². The van der Waals surface area contributed by atoms with Gasteiger partial charge < -0.3 is 19.7 Å². The third kappa shape index (κ3) is 2.46. The molecule has 1 aliphatic carbocycles. The molecule has 1 saturated heterocycles. The van der Waals surface area contributed by atoms with Gasteiger partial charge in [-0.1, -0.05) is 12.8 Å². The number of β-lactam (4-membered cyclic amide) rings is 1. The second-order valence-electron chi connectivity index (χ2n) is 7.42. The average molecular weight is 344 g/mol. The number of anilines is 1. The van der Waals surface area contributed by atoms with Crippen molar-refractivity contribution in [2.45, 2.75) is 51.6 Å². The lowest BCUT2D eigenvalue weighted by molar-refractivity contribution is -0.179. The monoisotopic (exact) mass is 344 g/mol. The van der Waals surface area contributed by atoms with Crippen molar-refractivity contribution in [2.75, 3.05) is 18.5 Å². The van der Waals surface area contributed by atoms with E-state index >= 15 is 0 Å². The molecule has 6 heteroatoms. The molecule has 1 aromatic rings. The highest BCUT2D eigenvalue weighted by atomic mass is 16.6. The SMILES string of the molecule is CC(C)N1C(=O)C2(CCCC2)C1C(=O)Nc1ccc2c(c1)OCCO2. The molecule has 1 saturated carbocycles. The number of nitrogens with zero attached hydrogens (tertiary/aromatic N) is 1. The smallest absolute Gasteiger partial charge is 0.248 e. The van der Waals surface area contributed by atoms with E-state index in [1.54, 1.807) is 11.0 Å². The van der Waals surface area contributed by atoms with Crippen molar-refractivity contribution >= 4 is 17.5 Å². The average Bonchev–Trinajstić information content (AvgIpc) is 3.10. The molecule has 1 N–H and O–H groups in total. The first kappa shape index (κ1) is 16.2. The molecule has 0 bridgehead atoms. The van der Waals surface area contributed by atoms with Crippen molar-refractivity contribution in [3.05, 3.63) is 18.2 Å². The summed E-state index contributed by atoms with van der Waals surface area (Å²) >= 11 is 0. The molecule has 134 valence electrons. The van der Waals surface area contributed by atoms with Crippen LogP contribution in [-0.2, 0) is 9.59 Å². The topological polar surface area (TPSA) is 67.9 Å². The Labute approximate surface area is 147 Å². The highest BCUT2D eigenvalue weighted by Crippen LogP contribution is 2.52. The van der Waals surface area contributed by atoms with Crippen LogP contribution in [0.1, 0.15) is 39.5 Å². The molecule has 2 amide bonds. The van der Waals surface area contributed by atoms with Crippen molar-refractivity contribution < 1.29 is 19.1 Å². The first-order valence-corrected chi connectivity index (χ1v) is 9.06. The van der Waals surface area contributed by atoms with Gasteiger partial charge in [-0.25, -0.2) is 0 Å². The number of likely N-dealkylation sites (tertiary alicyclic amines) is 1. The minimum atomic E-state index is -0.484. The molecular weight excluding hydrogens is 320 g/mol. The zero-order valence-corrected chi connectivity index (χ0v) is 14.7. The molecule has 6 nitrogen and oxygen atoms in total. The Hall–Kier alpha value is -2.24. The highest BCUT2D eigenvalue weighted by Gasteiger charge is 2.64. The van der Waals surface area contributed by atoms with E-state index in [0.29, 0.717) is 30.4 Å². The second-order valence-corrected chi connectivity index (χ2v) is 7.42. The number of nitrogens with one attached hydrogen (secondary N) is 1. The third-order valence-corrected chi connectivity index (χ3v) is 5.57. The predicted octanol–water partition coefficient (Wildman–Crippen LogP) is 2.58. The van der Waals surface area contributed by atoms with Crippen molar-refractivity contribution in [3.8, 4) is 11.5 Å². The van der Waals surface area contributed by atoms with Gasteiger partial charge in [0.05, 0.1) is 5.41 Å². The van der Waals surface area contributed by atoms with E-state index in [0.717, 1.165) is 25.7 Å². The van der Waals surface area contributed by atoms with E-state index in [9.17, 15) is 9.59 Å². The van der Waals surface area contributed by atoms with E-state index in [-0.39, 0.29) is 23.9 Å². The van der Waals surface area contributed by atoms with Gasteiger partial charge in [-0.15, -0.1) is 0 Å². The van der Waals surface area contributed by atoms with Gasteiger partial charge in [0.15, 0.2) is 11.5 Å². The molecule has 1 aromatic carbocycles. The minimum Gasteiger partial charge on any atom is -0.486 e. The molecule has 4 rings (SSSR count). The summed E-state index contributed by atoms with van der Waals surface area (Å²) in [6, 6.07) is 5.05. The summed E-state index contributed by atoms with van der Waals surface area (Å²) in [5, 5.41) is 2.98. The van der Waals surface area contributed by atoms with Crippen molar-refractivity contribution in [1.82, 2.24) is 4.90 Å². The van der Waals surface area contributed by atoms with E-state index < -0.39 is 5.41 Å². The molecule has 2 heterocycles. The van der Waals surface area contributed by atoms with E-state index in [1.807, 2.05) is 26.0 Å². The van der Waals surface area contributed by atoms with Crippen LogP contribution in [0.15, 0.2) is 18.2 Å². The standard InChI is InChI=1S/C19H24N2O4/c1-12(2)21-16(19(18(21)23)7-3-4-8-19)17(22)20-13-5-6-14-15(11-13)25-10-9-24-14/h5-6,11-12,16H,3-4,7-10H2,1-2H3,(H,20,22). The number of rotatable bonds is 3. The lowest BCUT2D eigenvalue weighted by atomic mass is 9.68. The third-order valence-electron chi connectivity index (χ3n) is 5.57. The van der Waals surface area contributed by atoms with Crippen LogP contribution in [0, 0.1) is 5.41 Å². The molecular formula is C19H24N2O4. The van der Waals surface area contributed by atoms with Crippen molar-refractivity contribution in [3.63, 3.8) is 0 Å². The lowest BCUT2D eigenvalue weighted by Gasteiger charge is -2.55. The van der Waals surface area contributed by atoms with Crippen LogP contribution in [0.3, 0.4) is 0 Å². The van der Waals surface area contributed by atoms with Crippen LogP contribution in [-0.4, -0.2) is 42.0 Å². The highest BCUT2D eigenvalue weighted by molar-refractivity contribution is 6.07. The Morgan fingerprint density at radius 1 is 1.20 bits per heavy atom. The molecule has 1 spiro atoms. The van der Waals surface area contributed by atoms with E-state index in [2.05, 4.69) is 5.32 Å². The predicted molar refractivity (Wildman–Crippen MR) is 92.7 cm³/mol. The summed E-state index contributed by atoms with van der Waals surface area (Å²) in [4.78, 5) is 27.4. The molecule has 2 fully saturated rings. The van der Waals surface area contributed by atoms with Gasteiger partial charge in [0, 0.05) is 17.8 Å². The van der Waals surface area contributed by atoms with Crippen molar-refractivity contribution in [2.24, 2.45) is 5.41 Å². The van der Waals surface area contributed by atoms with Gasteiger partial charge in [-0.05, 0) is 38.8 Å². The Bertz CT molecular complexity index is 709. The Morgan fingerprint density at radius 2 is 1.88 bits per heavy atom. The molecule has 0 radical (unpaired) electrons. The zero-order valence-electron chi connectivity index (χ0n) is 14.7. The fourth-order valence-corrected chi connectivity index (χ4v) is 4.43. The second kappa shape index (κ2) is 5.93. The molecule has 25 heavy (non-hydrogen) atoms. The first-order chi connectivity index (χ1) is 12.0. The number of benzene rings is 1. The van der Waals surface area contributed by atoms with Gasteiger partial charge in [0.25, 0.3) is 0 Å². The Balaban J connectivity index is 1.56. The maximum absolute atomic E-state index is 13.0. The maximum atomic E-state index is 13.0. The number of carbonyl (C=O) groups excluding carboxylic acids is 2. The van der Waals surface area contributed by atoms with E-state index in [4.69, 9.17) is 9.47 Å². The van der Waals surface area contributed by atoms with Gasteiger partial charge in [0.2, 0.25) is 11.8 Å². The number of carbonyl (C=O) groups is 2. The van der Waals surface area contributed by atoms with Crippen LogP contribution < -0.4 is 14.8 Å². The number of fused-ring (bicyclic) bond motifs is 1. The van der Waals surface area contributed by atoms with Crippen LogP contribution in [0.2, 0.25) is 0 Å². The van der Waals surface area contributed by atoms with Crippen molar-refractivity contribution in [1.29, 1.82) is 0 Å². The lowest BCUT2D eigenvalue weighted by Crippen LogP contribution is -2.73. The summed E-state index contributed by atoms with van der Waals surface area (Å²) in [5.74, 6) is 1.37. The normalized spacial score (nSPS) is 23.7. The zero-order chi connectivity index (χ0) is 17.6. The number of hydrogen-bond acceptors (Lipinski definition) is 4. The summed E-state index contributed by atoms with van der Waals surface area (Å²) in [6.07, 6.45) is 3.67. The molecule has 3 aliphatic rings. The fraction of sp³-hybridized carbons (Fsp3) is 0.579. The van der Waals surface area contributed by atoms with E-state index in [1.165, 1.54) is 0 Å². The number of ether oxygens (including phenoxy) is 2. The summed E-state index contributed by atoms with van der Waals surface area (Å²) < 4.78 is 11.1. The maximum Gasteiger partial charge on any atom is 0.248 e. The van der Waals surface area contributed by atoms with Gasteiger partial charge >= 0.3 is 0 Å². The first-order valence-electron chi connectivity index (χ1n) is 9.06. The van der Waals surface area contributed by atoms with Crippen LogP contribution >= 0.6 is 0 Å². The largest absolute Gasteiger partial charge is 0.486 e. The van der Waals surface area contributed by atoms with Gasteiger partial charge in [-0.3, -0.25) is 9.59 Å². The molecule has 1 unspecified atom stereocenters. The minimum absolute atomic E-state index is 0.0229. The molecule has 2 aliphatic heterocycles. The summed E-state index contributed by atoms with van der Waals surface area (Å²) in [7, 11) is 0. The summed E-state index contributed by atoms with van der Waals surface area (Å²) in [6.45, 7) is 4.97. The number of hydrogen-bond donors (Lipinski definition) is 1. The van der Waals surface area contributed by atoms with Crippen LogP contribution in [0.25, 0.3) is 0 Å². The van der Waals surface area contributed by atoms with Gasteiger partial charge in [-0.2, -0.15) is 0 Å². The summed E-state index contributed by atoms with van der Waals surface area (Å²) in [5.41, 5.74) is 0.188. The number of amides is 2. The van der Waals surface area contributed by atoms with Crippen LogP contribution in [0.4, 0.5) is 5.69 Å².